The first-order valence-corrected chi connectivity index (χ1v) is 8.30. The molecule has 0 aromatic heterocycles. The van der Waals surface area contributed by atoms with Crippen molar-refractivity contribution >= 4 is 11.8 Å². The van der Waals surface area contributed by atoms with E-state index in [1.807, 2.05) is 11.8 Å². The highest BCUT2D eigenvalue weighted by Crippen LogP contribution is 2.43. The lowest BCUT2D eigenvalue weighted by atomic mass is 9.84. The van der Waals surface area contributed by atoms with Gasteiger partial charge in [-0.15, -0.1) is 11.8 Å². The summed E-state index contributed by atoms with van der Waals surface area (Å²) >= 11 is 2.03. The molecule has 0 radical (unpaired) electrons. The van der Waals surface area contributed by atoms with Gasteiger partial charge in [-0.1, -0.05) is 37.5 Å². The molecule has 3 unspecified atom stereocenters. The van der Waals surface area contributed by atoms with Gasteiger partial charge in [0.2, 0.25) is 0 Å². The Kier molecular flexibility index (Phi) is 3.95. The Hall–Kier alpha value is -0.470. The van der Waals surface area contributed by atoms with E-state index in [4.69, 9.17) is 5.73 Å². The second-order valence-electron chi connectivity index (χ2n) is 5.84. The van der Waals surface area contributed by atoms with E-state index in [1.54, 1.807) is 5.56 Å². The van der Waals surface area contributed by atoms with Crippen LogP contribution in [-0.2, 0) is 0 Å². The van der Waals surface area contributed by atoms with Gasteiger partial charge in [0, 0.05) is 16.7 Å². The molecule has 0 amide bonds. The lowest BCUT2D eigenvalue weighted by molar-refractivity contribution is 0.353. The summed E-state index contributed by atoms with van der Waals surface area (Å²) in [7, 11) is 0. The second-order valence-corrected chi connectivity index (χ2v) is 6.91. The molecule has 1 nitrogen and oxygen atoms in total. The number of thioether (sulfide) groups is 1. The average Bonchev–Trinajstić information content (AvgIpc) is 2.69. The minimum Gasteiger partial charge on any atom is -0.327 e. The molecule has 1 fully saturated rings. The van der Waals surface area contributed by atoms with Crippen molar-refractivity contribution in [2.45, 2.75) is 55.4 Å². The van der Waals surface area contributed by atoms with Gasteiger partial charge in [0.1, 0.15) is 0 Å². The van der Waals surface area contributed by atoms with E-state index in [-0.39, 0.29) is 0 Å². The summed E-state index contributed by atoms with van der Waals surface area (Å²) < 4.78 is 0. The van der Waals surface area contributed by atoms with Gasteiger partial charge >= 0.3 is 0 Å². The fourth-order valence-corrected chi connectivity index (χ4v) is 4.77. The maximum Gasteiger partial charge on any atom is 0.0107 e. The van der Waals surface area contributed by atoms with Gasteiger partial charge in [-0.25, -0.2) is 0 Å². The number of hydrogen-bond donors (Lipinski definition) is 1. The molecule has 18 heavy (non-hydrogen) atoms. The third kappa shape index (κ3) is 2.60. The quantitative estimate of drug-likeness (QED) is 0.808. The first kappa shape index (κ1) is 12.6. The lowest BCUT2D eigenvalue weighted by Crippen LogP contribution is -2.30. The van der Waals surface area contributed by atoms with Crippen LogP contribution in [0.5, 0.6) is 0 Å². The minimum atomic E-state index is 0.449. The van der Waals surface area contributed by atoms with E-state index < -0.39 is 0 Å². The normalized spacial score (nSPS) is 31.9. The Morgan fingerprint density at radius 2 is 1.94 bits per heavy atom. The van der Waals surface area contributed by atoms with Gasteiger partial charge in [0.05, 0.1) is 0 Å². The van der Waals surface area contributed by atoms with E-state index in [9.17, 15) is 0 Å². The molecule has 1 saturated carbocycles. The summed E-state index contributed by atoms with van der Waals surface area (Å²) in [5, 5.41) is 0. The number of benzene rings is 1. The predicted molar refractivity (Wildman–Crippen MR) is 79.1 cm³/mol. The Balaban J connectivity index is 1.70. The summed E-state index contributed by atoms with van der Waals surface area (Å²) in [6.07, 6.45) is 8.02. The van der Waals surface area contributed by atoms with Gasteiger partial charge in [-0.3, -0.25) is 0 Å². The zero-order valence-electron chi connectivity index (χ0n) is 11.0. The molecule has 1 aromatic carbocycles. The summed E-state index contributed by atoms with van der Waals surface area (Å²) in [6.45, 7) is 0. The van der Waals surface area contributed by atoms with Crippen molar-refractivity contribution in [1.29, 1.82) is 0 Å². The van der Waals surface area contributed by atoms with Gasteiger partial charge in [-0.2, -0.15) is 0 Å². The van der Waals surface area contributed by atoms with Crippen LogP contribution in [0.3, 0.4) is 0 Å². The molecule has 0 bridgehead atoms. The number of fused-ring (bicyclic) bond motifs is 1. The molecule has 2 N–H and O–H groups in total. The number of hydrogen-bond acceptors (Lipinski definition) is 2. The summed E-state index contributed by atoms with van der Waals surface area (Å²) in [4.78, 5) is 1.50. The highest BCUT2D eigenvalue weighted by Gasteiger charge is 2.28. The largest absolute Gasteiger partial charge is 0.327 e. The zero-order chi connectivity index (χ0) is 12.4. The fourth-order valence-electron chi connectivity index (χ4n) is 3.50. The Bertz CT molecular complexity index is 404. The fraction of sp³-hybridized carbons (Fsp3) is 0.625. The minimum absolute atomic E-state index is 0.449. The number of nitrogens with two attached hydrogens (primary N) is 1. The zero-order valence-corrected chi connectivity index (χ0v) is 11.8. The van der Waals surface area contributed by atoms with Gasteiger partial charge in [-0.05, 0) is 42.7 Å². The van der Waals surface area contributed by atoms with Gasteiger partial charge in [0.25, 0.3) is 0 Å². The standard InChI is InChI=1S/C16H23NS/c17-15-8-3-1-2-6-12(15)10-13-11-18-16-9-5-4-7-14(13)16/h4-5,7,9,12-13,15H,1-3,6,8,10-11,17H2. The van der Waals surface area contributed by atoms with Crippen molar-refractivity contribution in [3.05, 3.63) is 29.8 Å². The Morgan fingerprint density at radius 1 is 1.11 bits per heavy atom. The Labute approximate surface area is 115 Å². The molecule has 1 heterocycles. The van der Waals surface area contributed by atoms with Crippen molar-refractivity contribution in [3.63, 3.8) is 0 Å². The van der Waals surface area contributed by atoms with Crippen LogP contribution in [-0.4, -0.2) is 11.8 Å². The highest BCUT2D eigenvalue weighted by atomic mass is 32.2. The third-order valence-corrected chi connectivity index (χ3v) is 5.86. The van der Waals surface area contributed by atoms with Gasteiger partial charge < -0.3 is 5.73 Å². The summed E-state index contributed by atoms with van der Waals surface area (Å²) in [5.41, 5.74) is 7.95. The molecular formula is C16H23NS. The van der Waals surface area contributed by atoms with Crippen LogP contribution in [0.15, 0.2) is 29.2 Å². The molecule has 0 spiro atoms. The van der Waals surface area contributed by atoms with Crippen molar-refractivity contribution in [3.8, 4) is 0 Å². The van der Waals surface area contributed by atoms with Crippen LogP contribution >= 0.6 is 11.8 Å². The van der Waals surface area contributed by atoms with E-state index in [1.165, 1.54) is 49.2 Å². The van der Waals surface area contributed by atoms with Crippen molar-refractivity contribution in [2.75, 3.05) is 5.75 Å². The third-order valence-electron chi connectivity index (χ3n) is 4.60. The van der Waals surface area contributed by atoms with Crippen molar-refractivity contribution in [1.82, 2.24) is 0 Å². The first-order valence-electron chi connectivity index (χ1n) is 7.32. The van der Waals surface area contributed by atoms with E-state index in [0.717, 1.165) is 11.8 Å². The molecule has 2 heteroatoms. The van der Waals surface area contributed by atoms with Crippen LogP contribution in [0.25, 0.3) is 0 Å². The highest BCUT2D eigenvalue weighted by molar-refractivity contribution is 7.99. The summed E-state index contributed by atoms with van der Waals surface area (Å²) in [6, 6.07) is 9.39. The lowest BCUT2D eigenvalue weighted by Gasteiger charge is -2.24. The molecule has 3 atom stereocenters. The topological polar surface area (TPSA) is 26.0 Å². The predicted octanol–water partition coefficient (Wildman–Crippen LogP) is 4.17. The molecular weight excluding hydrogens is 238 g/mol. The van der Waals surface area contributed by atoms with Crippen LogP contribution in [0.4, 0.5) is 0 Å². The number of rotatable bonds is 2. The molecule has 1 aliphatic heterocycles. The Morgan fingerprint density at radius 3 is 2.89 bits per heavy atom. The molecule has 0 saturated heterocycles. The maximum atomic E-state index is 6.37. The van der Waals surface area contributed by atoms with E-state index in [0.29, 0.717) is 6.04 Å². The van der Waals surface area contributed by atoms with Crippen LogP contribution < -0.4 is 5.73 Å². The SMILES string of the molecule is NC1CCCCCC1CC1CSc2ccccc21. The smallest absolute Gasteiger partial charge is 0.0107 e. The molecule has 2 aliphatic rings. The van der Waals surface area contributed by atoms with E-state index in [2.05, 4.69) is 24.3 Å². The van der Waals surface area contributed by atoms with Crippen molar-refractivity contribution < 1.29 is 0 Å². The molecule has 98 valence electrons. The summed E-state index contributed by atoms with van der Waals surface area (Å²) in [5.74, 6) is 2.77. The average molecular weight is 261 g/mol. The molecule has 1 aliphatic carbocycles. The maximum absolute atomic E-state index is 6.37. The van der Waals surface area contributed by atoms with Crippen LogP contribution in [0.2, 0.25) is 0 Å². The molecule has 1 aromatic rings. The molecule has 3 rings (SSSR count). The second kappa shape index (κ2) is 5.66. The van der Waals surface area contributed by atoms with E-state index >= 15 is 0 Å². The van der Waals surface area contributed by atoms with Crippen molar-refractivity contribution in [2.24, 2.45) is 11.7 Å². The van der Waals surface area contributed by atoms with Gasteiger partial charge in [0.15, 0.2) is 0 Å². The van der Waals surface area contributed by atoms with Crippen LogP contribution in [0.1, 0.15) is 50.0 Å². The monoisotopic (exact) mass is 261 g/mol. The van der Waals surface area contributed by atoms with Crippen LogP contribution in [0, 0.1) is 5.92 Å². The first-order chi connectivity index (χ1) is 8.84.